The number of nitrogens with one attached hydrogen (secondary N) is 2. The SMILES string of the molecule is CCNC(=NCc1nnc2n1CCCC2)NCC(O)c1cc(Cl)cc(Cl)c1. The maximum absolute atomic E-state index is 10.4. The minimum atomic E-state index is -0.758. The number of hydrogen-bond donors (Lipinski definition) is 3. The smallest absolute Gasteiger partial charge is 0.191 e. The first-order valence-electron chi connectivity index (χ1n) is 9.14. The zero-order valence-corrected chi connectivity index (χ0v) is 16.8. The molecule has 27 heavy (non-hydrogen) atoms. The van der Waals surface area contributed by atoms with Crippen molar-refractivity contribution in [1.29, 1.82) is 0 Å². The van der Waals surface area contributed by atoms with Gasteiger partial charge in [0.25, 0.3) is 0 Å². The zero-order valence-electron chi connectivity index (χ0n) is 15.3. The number of halogens is 2. The second-order valence-electron chi connectivity index (χ2n) is 6.44. The average Bonchev–Trinajstić information content (AvgIpc) is 3.06. The van der Waals surface area contributed by atoms with Crippen molar-refractivity contribution in [3.05, 3.63) is 45.5 Å². The Bertz CT molecular complexity index is 787. The summed E-state index contributed by atoms with van der Waals surface area (Å²) in [7, 11) is 0. The van der Waals surface area contributed by atoms with Gasteiger partial charge < -0.3 is 20.3 Å². The summed E-state index contributed by atoms with van der Waals surface area (Å²) in [6.07, 6.45) is 2.53. The summed E-state index contributed by atoms with van der Waals surface area (Å²) >= 11 is 12.0. The molecule has 0 bridgehead atoms. The Hall–Kier alpha value is -1.83. The highest BCUT2D eigenvalue weighted by Gasteiger charge is 2.15. The van der Waals surface area contributed by atoms with E-state index in [-0.39, 0.29) is 6.54 Å². The Morgan fingerprint density at radius 3 is 2.74 bits per heavy atom. The number of aliphatic imine (C=N–C) groups is 1. The van der Waals surface area contributed by atoms with Crippen LogP contribution in [0.25, 0.3) is 0 Å². The van der Waals surface area contributed by atoms with Gasteiger partial charge >= 0.3 is 0 Å². The predicted octanol–water partition coefficient (Wildman–Crippen LogP) is 2.71. The molecule has 1 aromatic carbocycles. The Kier molecular flexibility index (Phi) is 6.93. The molecular weight excluding hydrogens is 387 g/mol. The highest BCUT2D eigenvalue weighted by Crippen LogP contribution is 2.23. The van der Waals surface area contributed by atoms with E-state index < -0.39 is 6.10 Å². The quantitative estimate of drug-likeness (QED) is 0.503. The maximum Gasteiger partial charge on any atom is 0.191 e. The van der Waals surface area contributed by atoms with Crippen LogP contribution in [0.5, 0.6) is 0 Å². The third kappa shape index (κ3) is 5.34. The van der Waals surface area contributed by atoms with E-state index in [0.717, 1.165) is 37.5 Å². The molecule has 3 N–H and O–H groups in total. The molecule has 0 radical (unpaired) electrons. The van der Waals surface area contributed by atoms with E-state index in [0.29, 0.717) is 34.7 Å². The molecule has 9 heteroatoms. The Labute approximate surface area is 168 Å². The molecule has 0 saturated carbocycles. The molecule has 1 atom stereocenters. The molecule has 0 amide bonds. The van der Waals surface area contributed by atoms with Gasteiger partial charge in [-0.1, -0.05) is 23.2 Å². The van der Waals surface area contributed by atoms with E-state index in [1.807, 2.05) is 6.92 Å². The molecule has 0 fully saturated rings. The summed E-state index contributed by atoms with van der Waals surface area (Å²) in [5.74, 6) is 2.51. The van der Waals surface area contributed by atoms with Crippen molar-refractivity contribution in [2.75, 3.05) is 13.1 Å². The summed E-state index contributed by atoms with van der Waals surface area (Å²) < 4.78 is 2.15. The molecule has 7 nitrogen and oxygen atoms in total. The van der Waals surface area contributed by atoms with Crippen LogP contribution in [0, 0.1) is 0 Å². The molecule has 0 spiro atoms. The standard InChI is InChI=1S/C18H24Cl2N6O/c1-2-21-18(22-10-15(27)12-7-13(19)9-14(20)8-12)23-11-17-25-24-16-5-3-4-6-26(16)17/h7-9,15,27H,2-6,10-11H2,1H3,(H2,21,22,23). The number of guanidine groups is 1. The number of nitrogens with zero attached hydrogens (tertiary/aromatic N) is 4. The monoisotopic (exact) mass is 410 g/mol. The first-order valence-corrected chi connectivity index (χ1v) is 9.89. The lowest BCUT2D eigenvalue weighted by Gasteiger charge is -2.16. The number of aliphatic hydroxyl groups is 1. The zero-order chi connectivity index (χ0) is 19.2. The van der Waals surface area contributed by atoms with E-state index >= 15 is 0 Å². The lowest BCUT2D eigenvalue weighted by atomic mass is 10.1. The molecule has 0 saturated heterocycles. The van der Waals surface area contributed by atoms with Crippen LogP contribution < -0.4 is 10.6 Å². The molecule has 3 rings (SSSR count). The van der Waals surface area contributed by atoms with Crippen LogP contribution in [0.4, 0.5) is 0 Å². The van der Waals surface area contributed by atoms with Gasteiger partial charge in [0.15, 0.2) is 11.8 Å². The van der Waals surface area contributed by atoms with Crippen LogP contribution in [0.1, 0.15) is 43.1 Å². The number of aromatic nitrogens is 3. The fraction of sp³-hybridized carbons (Fsp3) is 0.500. The maximum atomic E-state index is 10.4. The van der Waals surface area contributed by atoms with E-state index in [2.05, 4.69) is 30.4 Å². The van der Waals surface area contributed by atoms with Gasteiger partial charge in [-0.3, -0.25) is 0 Å². The van der Waals surface area contributed by atoms with E-state index in [9.17, 15) is 5.11 Å². The van der Waals surface area contributed by atoms with Crippen molar-refractivity contribution in [2.24, 2.45) is 4.99 Å². The molecule has 2 heterocycles. The summed E-state index contributed by atoms with van der Waals surface area (Å²) in [6.45, 7) is 4.36. The van der Waals surface area contributed by atoms with Gasteiger partial charge in [0.1, 0.15) is 12.4 Å². The Balaban J connectivity index is 1.63. The van der Waals surface area contributed by atoms with Gasteiger partial charge in [-0.2, -0.15) is 0 Å². The van der Waals surface area contributed by atoms with Gasteiger partial charge in [-0.05, 0) is 43.5 Å². The van der Waals surface area contributed by atoms with Crippen molar-refractivity contribution in [2.45, 2.75) is 45.4 Å². The van der Waals surface area contributed by atoms with Gasteiger partial charge in [0.2, 0.25) is 0 Å². The van der Waals surface area contributed by atoms with Crippen molar-refractivity contribution in [3.8, 4) is 0 Å². The number of rotatable bonds is 6. The number of aryl methyl sites for hydroxylation is 1. The molecule has 146 valence electrons. The number of fused-ring (bicyclic) bond motifs is 1. The van der Waals surface area contributed by atoms with Gasteiger partial charge in [-0.25, -0.2) is 4.99 Å². The van der Waals surface area contributed by atoms with Crippen LogP contribution in [-0.4, -0.2) is 38.9 Å². The van der Waals surface area contributed by atoms with E-state index in [1.165, 1.54) is 0 Å². The third-order valence-corrected chi connectivity index (χ3v) is 4.83. The van der Waals surface area contributed by atoms with E-state index in [4.69, 9.17) is 23.2 Å². The third-order valence-electron chi connectivity index (χ3n) is 4.39. The topological polar surface area (TPSA) is 87.4 Å². The van der Waals surface area contributed by atoms with Gasteiger partial charge in [-0.15, -0.1) is 10.2 Å². The second kappa shape index (κ2) is 9.39. The largest absolute Gasteiger partial charge is 0.387 e. The molecular formula is C18H24Cl2N6O. The molecule has 1 unspecified atom stereocenters. The summed E-state index contributed by atoms with van der Waals surface area (Å²) in [5, 5.41) is 26.2. The van der Waals surface area contributed by atoms with E-state index in [1.54, 1.807) is 18.2 Å². The molecule has 2 aromatic rings. The Morgan fingerprint density at radius 2 is 2.00 bits per heavy atom. The summed E-state index contributed by atoms with van der Waals surface area (Å²) in [6, 6.07) is 5.04. The fourth-order valence-electron chi connectivity index (χ4n) is 3.06. The lowest BCUT2D eigenvalue weighted by Crippen LogP contribution is -2.39. The first kappa shape index (κ1) is 19.9. The average molecular weight is 411 g/mol. The molecule has 1 aliphatic rings. The van der Waals surface area contributed by atoms with Crippen molar-refractivity contribution in [3.63, 3.8) is 0 Å². The number of hydrogen-bond acceptors (Lipinski definition) is 4. The van der Waals surface area contributed by atoms with Crippen LogP contribution >= 0.6 is 23.2 Å². The molecule has 1 aliphatic heterocycles. The summed E-state index contributed by atoms with van der Waals surface area (Å²) in [4.78, 5) is 4.57. The minimum Gasteiger partial charge on any atom is -0.387 e. The first-order chi connectivity index (χ1) is 13.1. The van der Waals surface area contributed by atoms with Gasteiger partial charge in [0, 0.05) is 36.1 Å². The fourth-order valence-corrected chi connectivity index (χ4v) is 3.60. The molecule has 0 aliphatic carbocycles. The highest BCUT2D eigenvalue weighted by atomic mass is 35.5. The lowest BCUT2D eigenvalue weighted by molar-refractivity contribution is 0.181. The van der Waals surface area contributed by atoms with Crippen LogP contribution in [0.3, 0.4) is 0 Å². The second-order valence-corrected chi connectivity index (χ2v) is 7.31. The van der Waals surface area contributed by atoms with Crippen molar-refractivity contribution >= 4 is 29.2 Å². The molecule has 1 aromatic heterocycles. The summed E-state index contributed by atoms with van der Waals surface area (Å²) in [5.41, 5.74) is 0.655. The normalized spacial score (nSPS) is 15.3. The van der Waals surface area contributed by atoms with Crippen LogP contribution in [-0.2, 0) is 19.5 Å². The van der Waals surface area contributed by atoms with Crippen LogP contribution in [0.15, 0.2) is 23.2 Å². The Morgan fingerprint density at radius 1 is 1.22 bits per heavy atom. The van der Waals surface area contributed by atoms with Crippen molar-refractivity contribution in [1.82, 2.24) is 25.4 Å². The highest BCUT2D eigenvalue weighted by molar-refractivity contribution is 6.34. The van der Waals surface area contributed by atoms with Gasteiger partial charge in [0.05, 0.1) is 6.10 Å². The minimum absolute atomic E-state index is 0.278. The number of benzene rings is 1. The number of aliphatic hydroxyl groups excluding tert-OH is 1. The van der Waals surface area contributed by atoms with Crippen LogP contribution in [0.2, 0.25) is 10.0 Å². The van der Waals surface area contributed by atoms with Crippen molar-refractivity contribution < 1.29 is 5.11 Å². The predicted molar refractivity (Wildman–Crippen MR) is 107 cm³/mol.